The first kappa shape index (κ1) is 20.7. The van der Waals surface area contributed by atoms with Crippen LogP contribution in [0.15, 0.2) is 41.2 Å². The van der Waals surface area contributed by atoms with Crippen LogP contribution in [0.25, 0.3) is 10.9 Å². The van der Waals surface area contributed by atoms with Gasteiger partial charge in [0.05, 0.1) is 18.7 Å². The third-order valence-corrected chi connectivity index (χ3v) is 5.00. The molecule has 1 unspecified atom stereocenters. The van der Waals surface area contributed by atoms with Crippen LogP contribution < -0.4 is 10.3 Å². The number of aromatic nitrogens is 1. The molecule has 1 aliphatic heterocycles. The molecule has 0 bridgehead atoms. The highest BCUT2D eigenvalue weighted by Crippen LogP contribution is 2.41. The number of benzene rings is 2. The SMILES string of the molecule is CCOC(=O)c1c(O)c2ccc(F)c3c2n(c1=O)CC(c1ccc(C(F)(F)F)cc1)O3. The van der Waals surface area contributed by atoms with E-state index in [1.807, 2.05) is 0 Å². The summed E-state index contributed by atoms with van der Waals surface area (Å²) in [5, 5.41) is 10.5. The minimum Gasteiger partial charge on any atom is -0.506 e. The van der Waals surface area contributed by atoms with E-state index in [1.165, 1.54) is 25.1 Å². The third kappa shape index (κ3) is 3.37. The van der Waals surface area contributed by atoms with Crippen molar-refractivity contribution in [3.05, 3.63) is 69.3 Å². The number of halogens is 4. The average Bonchev–Trinajstić information content (AvgIpc) is 2.72. The lowest BCUT2D eigenvalue weighted by Gasteiger charge is -2.29. The lowest BCUT2D eigenvalue weighted by atomic mass is 10.0. The van der Waals surface area contributed by atoms with E-state index in [4.69, 9.17) is 9.47 Å². The number of nitrogens with zero attached hydrogens (tertiary/aromatic N) is 1. The fraction of sp³-hybridized carbons (Fsp3) is 0.238. The molecule has 0 saturated carbocycles. The minimum atomic E-state index is -4.53. The van der Waals surface area contributed by atoms with E-state index in [2.05, 4.69) is 0 Å². The van der Waals surface area contributed by atoms with Gasteiger partial charge in [-0.3, -0.25) is 9.36 Å². The van der Waals surface area contributed by atoms with Crippen LogP contribution in [0, 0.1) is 5.82 Å². The molecule has 10 heteroatoms. The molecule has 0 fully saturated rings. The lowest BCUT2D eigenvalue weighted by molar-refractivity contribution is -0.137. The average molecular weight is 437 g/mol. The van der Waals surface area contributed by atoms with Gasteiger partial charge in [0, 0.05) is 5.39 Å². The van der Waals surface area contributed by atoms with E-state index in [-0.39, 0.29) is 35.4 Å². The van der Waals surface area contributed by atoms with Gasteiger partial charge >= 0.3 is 12.1 Å². The zero-order chi connectivity index (χ0) is 22.5. The Morgan fingerprint density at radius 2 is 1.90 bits per heavy atom. The van der Waals surface area contributed by atoms with Gasteiger partial charge in [-0.15, -0.1) is 0 Å². The summed E-state index contributed by atoms with van der Waals surface area (Å²) in [6.45, 7) is 1.27. The fourth-order valence-corrected chi connectivity index (χ4v) is 3.56. The molecule has 162 valence electrons. The van der Waals surface area contributed by atoms with Crippen molar-refractivity contribution >= 4 is 16.9 Å². The maximum atomic E-state index is 14.5. The number of carbonyl (C=O) groups excluding carboxylic acids is 1. The van der Waals surface area contributed by atoms with Crippen LogP contribution in [0.5, 0.6) is 11.5 Å². The van der Waals surface area contributed by atoms with E-state index >= 15 is 0 Å². The van der Waals surface area contributed by atoms with E-state index in [0.717, 1.165) is 22.8 Å². The number of carbonyl (C=O) groups is 1. The predicted octanol–water partition coefficient (Wildman–Crippen LogP) is 4.18. The van der Waals surface area contributed by atoms with Crippen LogP contribution in [-0.4, -0.2) is 22.2 Å². The molecule has 2 heterocycles. The quantitative estimate of drug-likeness (QED) is 0.492. The van der Waals surface area contributed by atoms with Gasteiger partial charge in [0.2, 0.25) is 0 Å². The smallest absolute Gasteiger partial charge is 0.416 e. The molecule has 1 atom stereocenters. The molecule has 0 amide bonds. The molecule has 3 aromatic rings. The van der Waals surface area contributed by atoms with Crippen molar-refractivity contribution < 1.29 is 36.9 Å². The Labute approximate surface area is 172 Å². The number of esters is 1. The number of alkyl halides is 3. The summed E-state index contributed by atoms with van der Waals surface area (Å²) in [5.41, 5.74) is -2.19. The van der Waals surface area contributed by atoms with Gasteiger partial charge in [0.25, 0.3) is 5.56 Å². The molecule has 31 heavy (non-hydrogen) atoms. The normalized spacial score (nSPS) is 15.6. The Balaban J connectivity index is 1.87. The lowest BCUT2D eigenvalue weighted by Crippen LogP contribution is -2.34. The van der Waals surface area contributed by atoms with Crippen LogP contribution in [0.4, 0.5) is 17.6 Å². The van der Waals surface area contributed by atoms with Crippen molar-refractivity contribution in [3.8, 4) is 11.5 Å². The number of hydrogen-bond acceptors (Lipinski definition) is 5. The minimum absolute atomic E-state index is 0.00456. The number of aromatic hydroxyl groups is 1. The Morgan fingerprint density at radius 3 is 2.52 bits per heavy atom. The predicted molar refractivity (Wildman–Crippen MR) is 101 cm³/mol. The van der Waals surface area contributed by atoms with E-state index in [1.54, 1.807) is 0 Å². The second-order valence-corrected chi connectivity index (χ2v) is 6.86. The Hall–Kier alpha value is -3.56. The van der Waals surface area contributed by atoms with Crippen LogP contribution in [0.3, 0.4) is 0 Å². The van der Waals surface area contributed by atoms with E-state index in [0.29, 0.717) is 0 Å². The second kappa shape index (κ2) is 7.29. The number of pyridine rings is 1. The number of ether oxygens (including phenoxy) is 2. The Morgan fingerprint density at radius 1 is 1.23 bits per heavy atom. The maximum absolute atomic E-state index is 14.5. The molecule has 0 spiro atoms. The van der Waals surface area contributed by atoms with Gasteiger partial charge in [-0.25, -0.2) is 9.18 Å². The first-order valence-corrected chi connectivity index (χ1v) is 9.22. The summed E-state index contributed by atoms with van der Waals surface area (Å²) in [5.74, 6) is -2.89. The van der Waals surface area contributed by atoms with Gasteiger partial charge in [0.15, 0.2) is 17.1 Å². The highest BCUT2D eigenvalue weighted by Gasteiger charge is 2.33. The third-order valence-electron chi connectivity index (χ3n) is 5.00. The Bertz CT molecular complexity index is 1250. The highest BCUT2D eigenvalue weighted by atomic mass is 19.4. The van der Waals surface area contributed by atoms with E-state index < -0.39 is 46.5 Å². The molecule has 0 saturated heterocycles. The summed E-state index contributed by atoms with van der Waals surface area (Å²) >= 11 is 0. The number of rotatable bonds is 3. The summed E-state index contributed by atoms with van der Waals surface area (Å²) in [4.78, 5) is 25.2. The summed E-state index contributed by atoms with van der Waals surface area (Å²) in [7, 11) is 0. The first-order valence-electron chi connectivity index (χ1n) is 9.22. The van der Waals surface area contributed by atoms with Gasteiger partial charge in [-0.1, -0.05) is 12.1 Å². The molecule has 4 rings (SSSR count). The summed E-state index contributed by atoms with van der Waals surface area (Å²) < 4.78 is 64.6. The van der Waals surface area contributed by atoms with Gasteiger partial charge in [-0.05, 0) is 36.8 Å². The Kier molecular flexibility index (Phi) is 4.87. The zero-order valence-electron chi connectivity index (χ0n) is 16.0. The molecule has 6 nitrogen and oxygen atoms in total. The van der Waals surface area contributed by atoms with Crippen molar-refractivity contribution in [2.24, 2.45) is 0 Å². The van der Waals surface area contributed by atoms with Crippen LogP contribution >= 0.6 is 0 Å². The van der Waals surface area contributed by atoms with Crippen LogP contribution in [0.2, 0.25) is 0 Å². The van der Waals surface area contributed by atoms with Crippen molar-refractivity contribution in [3.63, 3.8) is 0 Å². The van der Waals surface area contributed by atoms with Crippen molar-refractivity contribution in [1.29, 1.82) is 0 Å². The molecule has 2 aromatic carbocycles. The zero-order valence-corrected chi connectivity index (χ0v) is 16.0. The first-order chi connectivity index (χ1) is 14.6. The van der Waals surface area contributed by atoms with Crippen LogP contribution in [0.1, 0.15) is 34.5 Å². The molecular formula is C21H15F4NO5. The fourth-order valence-electron chi connectivity index (χ4n) is 3.56. The van der Waals surface area contributed by atoms with Crippen LogP contribution in [-0.2, 0) is 17.5 Å². The van der Waals surface area contributed by atoms with Crippen molar-refractivity contribution in [2.75, 3.05) is 6.61 Å². The van der Waals surface area contributed by atoms with Gasteiger partial charge in [0.1, 0.15) is 17.4 Å². The largest absolute Gasteiger partial charge is 0.506 e. The van der Waals surface area contributed by atoms with Gasteiger partial charge < -0.3 is 14.6 Å². The topological polar surface area (TPSA) is 77.8 Å². The molecule has 0 aliphatic carbocycles. The standard InChI is InChI=1S/C21H15F4NO5/c1-2-30-20(29)15-17(27)12-7-8-13(22)18-16(12)26(19(15)28)9-14(31-18)10-3-5-11(6-4-10)21(23,24)25/h3-8,14,27H,2,9H2,1H3. The highest BCUT2D eigenvalue weighted by molar-refractivity contribution is 6.01. The van der Waals surface area contributed by atoms with Gasteiger partial charge in [-0.2, -0.15) is 13.2 Å². The molecule has 1 aromatic heterocycles. The van der Waals surface area contributed by atoms with E-state index in [9.17, 15) is 32.3 Å². The van der Waals surface area contributed by atoms with Crippen molar-refractivity contribution in [1.82, 2.24) is 4.57 Å². The second-order valence-electron chi connectivity index (χ2n) is 6.86. The molecule has 1 aliphatic rings. The summed E-state index contributed by atoms with van der Waals surface area (Å²) in [6.07, 6.45) is -5.54. The van der Waals surface area contributed by atoms with Crippen molar-refractivity contribution in [2.45, 2.75) is 25.7 Å². The maximum Gasteiger partial charge on any atom is 0.416 e. The molecule has 1 N–H and O–H groups in total. The molecular weight excluding hydrogens is 422 g/mol. The molecule has 0 radical (unpaired) electrons. The number of hydrogen-bond donors (Lipinski definition) is 1. The monoisotopic (exact) mass is 437 g/mol. The summed E-state index contributed by atoms with van der Waals surface area (Å²) in [6, 6.07) is 6.26.